The quantitative estimate of drug-likeness (QED) is 0.493. The fraction of sp³-hybridized carbons (Fsp3) is 0.261. The third-order valence-corrected chi connectivity index (χ3v) is 6.10. The van der Waals surface area contributed by atoms with Crippen LogP contribution in [-0.4, -0.2) is 41.9 Å². The number of amides is 1. The van der Waals surface area contributed by atoms with Crippen molar-refractivity contribution in [2.24, 2.45) is 10.1 Å². The molecule has 1 aliphatic heterocycles. The van der Waals surface area contributed by atoms with Crippen LogP contribution in [0.25, 0.3) is 5.82 Å². The van der Waals surface area contributed by atoms with Crippen molar-refractivity contribution in [2.45, 2.75) is 33.2 Å². The fourth-order valence-corrected chi connectivity index (χ4v) is 4.54. The van der Waals surface area contributed by atoms with Crippen molar-refractivity contribution in [3.63, 3.8) is 0 Å². The zero-order valence-electron chi connectivity index (χ0n) is 19.3. The summed E-state index contributed by atoms with van der Waals surface area (Å²) >= 11 is 0. The first-order valence-electron chi connectivity index (χ1n) is 10.5. The second-order valence-electron chi connectivity index (χ2n) is 8.79. The van der Waals surface area contributed by atoms with E-state index >= 15 is 0 Å². The van der Waals surface area contributed by atoms with E-state index in [9.17, 15) is 13.2 Å². The molecule has 4 N–H and O–H groups in total. The van der Waals surface area contributed by atoms with Crippen molar-refractivity contribution in [2.75, 3.05) is 11.3 Å². The maximum Gasteiger partial charge on any atom is 0.344 e. The van der Waals surface area contributed by atoms with Crippen LogP contribution in [0.2, 0.25) is 0 Å². The van der Waals surface area contributed by atoms with Gasteiger partial charge >= 0.3 is 10.2 Å². The Morgan fingerprint density at radius 2 is 2.00 bits per heavy atom. The molecule has 10 nitrogen and oxygen atoms in total. The number of hydrogen-bond acceptors (Lipinski definition) is 6. The lowest BCUT2D eigenvalue weighted by atomic mass is 10.1. The first kappa shape index (κ1) is 23.3. The predicted molar refractivity (Wildman–Crippen MR) is 130 cm³/mol. The minimum atomic E-state index is -3.88. The lowest BCUT2D eigenvalue weighted by Crippen LogP contribution is -2.48. The average molecular weight is 483 g/mol. The highest BCUT2D eigenvalue weighted by atomic mass is 32.2. The molecule has 4 rings (SSSR count). The topological polar surface area (TPSA) is 141 Å². The lowest BCUT2D eigenvalue weighted by Gasteiger charge is -2.27. The van der Waals surface area contributed by atoms with E-state index in [4.69, 9.17) is 10.5 Å². The Balaban J connectivity index is 1.48. The number of fused-ring (bicyclic) bond motifs is 1. The molecule has 0 saturated heterocycles. The van der Waals surface area contributed by atoms with Crippen molar-refractivity contribution >= 4 is 27.6 Å². The number of benzene rings is 1. The summed E-state index contributed by atoms with van der Waals surface area (Å²) in [6, 6.07) is 10.3. The number of carbonyl (C=O) groups excluding carboxylic acids is 1. The number of nitrogens with one attached hydrogen (secondary N) is 2. The summed E-state index contributed by atoms with van der Waals surface area (Å²) in [6.07, 6.45) is 3.56. The smallest absolute Gasteiger partial charge is 0.344 e. The molecule has 1 amide bonds. The van der Waals surface area contributed by atoms with Gasteiger partial charge in [0.25, 0.3) is 5.91 Å². The molecule has 3 aromatic rings. The molecule has 178 valence electrons. The minimum Gasteiger partial charge on any atom is -0.490 e. The summed E-state index contributed by atoms with van der Waals surface area (Å²) in [4.78, 5) is 17.4. The number of nitrogens with two attached hydrogens (primary N) is 1. The standard InChI is InChI=1S/C23H26N6O4S/c1-14-10-15(2)29(12-14)19-11-16(8-9-25-19)22(30)26-23(3,4)13-33-18-7-5-6-17-20(18)21(24)28-34(31,32)27-17/h5-12,27H,13H2,1-4H3,(H2,24,28)(H,26,30). The van der Waals surface area contributed by atoms with Gasteiger partial charge in [0, 0.05) is 23.7 Å². The maximum atomic E-state index is 13.0. The Hall–Kier alpha value is -3.86. The molecule has 3 heterocycles. The Morgan fingerprint density at radius 1 is 1.24 bits per heavy atom. The van der Waals surface area contributed by atoms with Crippen LogP contribution < -0.4 is 20.5 Å². The second-order valence-corrected chi connectivity index (χ2v) is 10.1. The molecule has 0 bridgehead atoms. The number of rotatable bonds is 6. The van der Waals surface area contributed by atoms with Gasteiger partial charge in [-0.25, -0.2) is 4.98 Å². The molecule has 34 heavy (non-hydrogen) atoms. The Morgan fingerprint density at radius 3 is 2.71 bits per heavy atom. The summed E-state index contributed by atoms with van der Waals surface area (Å²) < 4.78 is 37.2. The molecule has 1 aromatic carbocycles. The fourth-order valence-electron chi connectivity index (χ4n) is 3.69. The van der Waals surface area contributed by atoms with Crippen molar-refractivity contribution in [1.29, 1.82) is 0 Å². The summed E-state index contributed by atoms with van der Waals surface area (Å²) in [5.74, 6) is 0.572. The molecular weight excluding hydrogens is 456 g/mol. The molecule has 2 aromatic heterocycles. The molecule has 0 unspecified atom stereocenters. The first-order valence-corrected chi connectivity index (χ1v) is 12.0. The highest BCUT2D eigenvalue weighted by Crippen LogP contribution is 2.31. The molecule has 0 fully saturated rings. The number of amidine groups is 1. The van der Waals surface area contributed by atoms with Crippen LogP contribution in [0, 0.1) is 13.8 Å². The number of aromatic nitrogens is 2. The van der Waals surface area contributed by atoms with Crippen molar-refractivity contribution in [1.82, 2.24) is 14.9 Å². The van der Waals surface area contributed by atoms with E-state index in [2.05, 4.69) is 19.4 Å². The van der Waals surface area contributed by atoms with E-state index in [0.29, 0.717) is 22.7 Å². The van der Waals surface area contributed by atoms with Gasteiger partial charge in [-0.1, -0.05) is 6.07 Å². The number of aryl methyl sites for hydroxylation is 2. The number of carbonyl (C=O) groups is 1. The van der Waals surface area contributed by atoms with Gasteiger partial charge in [0.1, 0.15) is 18.2 Å². The number of nitrogens with zero attached hydrogens (tertiary/aromatic N) is 3. The summed E-state index contributed by atoms with van der Waals surface area (Å²) in [7, 11) is -3.88. The van der Waals surface area contributed by atoms with Gasteiger partial charge in [-0.3, -0.25) is 9.52 Å². The average Bonchev–Trinajstić information content (AvgIpc) is 3.09. The van der Waals surface area contributed by atoms with Gasteiger partial charge in [-0.05, 0) is 63.6 Å². The van der Waals surface area contributed by atoms with Gasteiger partial charge in [0.15, 0.2) is 5.84 Å². The molecular formula is C23H26N6O4S. The van der Waals surface area contributed by atoms with E-state index in [0.717, 1.165) is 11.3 Å². The third kappa shape index (κ3) is 4.88. The van der Waals surface area contributed by atoms with Crippen molar-refractivity contribution in [3.05, 3.63) is 71.2 Å². The Kier molecular flexibility index (Phi) is 5.82. The van der Waals surface area contributed by atoms with Crippen LogP contribution in [0.15, 0.2) is 53.2 Å². The normalized spacial score (nSPS) is 14.5. The monoisotopic (exact) mass is 482 g/mol. The summed E-state index contributed by atoms with van der Waals surface area (Å²) in [5, 5.41) is 2.97. The van der Waals surface area contributed by atoms with Crippen LogP contribution in [-0.2, 0) is 10.2 Å². The van der Waals surface area contributed by atoms with Gasteiger partial charge in [-0.15, -0.1) is 4.40 Å². The van der Waals surface area contributed by atoms with E-state index in [-0.39, 0.29) is 24.0 Å². The van der Waals surface area contributed by atoms with Gasteiger partial charge in [0.2, 0.25) is 0 Å². The van der Waals surface area contributed by atoms with E-state index in [1.807, 2.05) is 44.5 Å². The number of anilines is 1. The van der Waals surface area contributed by atoms with Crippen molar-refractivity contribution < 1.29 is 17.9 Å². The van der Waals surface area contributed by atoms with E-state index in [1.165, 1.54) is 0 Å². The van der Waals surface area contributed by atoms with Crippen LogP contribution in [0.1, 0.15) is 41.0 Å². The molecule has 0 spiro atoms. The maximum absolute atomic E-state index is 13.0. The lowest BCUT2D eigenvalue weighted by molar-refractivity contribution is 0.0880. The summed E-state index contributed by atoms with van der Waals surface area (Å²) in [5.41, 5.74) is 8.34. The van der Waals surface area contributed by atoms with Crippen LogP contribution in [0.4, 0.5) is 5.69 Å². The molecule has 0 radical (unpaired) electrons. The highest BCUT2D eigenvalue weighted by Gasteiger charge is 2.27. The molecule has 1 aliphatic rings. The van der Waals surface area contributed by atoms with Crippen LogP contribution in [0.5, 0.6) is 5.75 Å². The number of pyridine rings is 1. The predicted octanol–water partition coefficient (Wildman–Crippen LogP) is 2.45. The van der Waals surface area contributed by atoms with Gasteiger partial charge in [-0.2, -0.15) is 8.42 Å². The molecule has 11 heteroatoms. The third-order valence-electron chi connectivity index (χ3n) is 5.18. The van der Waals surface area contributed by atoms with Crippen LogP contribution >= 0.6 is 0 Å². The zero-order valence-corrected chi connectivity index (χ0v) is 20.1. The summed E-state index contributed by atoms with van der Waals surface area (Å²) in [6.45, 7) is 7.72. The highest BCUT2D eigenvalue weighted by molar-refractivity contribution is 7.91. The first-order chi connectivity index (χ1) is 15.9. The molecule has 0 aliphatic carbocycles. The Bertz CT molecular complexity index is 1410. The molecule has 0 saturated carbocycles. The van der Waals surface area contributed by atoms with Gasteiger partial charge in [0.05, 0.1) is 16.8 Å². The number of ether oxygens (including phenoxy) is 1. The van der Waals surface area contributed by atoms with Crippen LogP contribution in [0.3, 0.4) is 0 Å². The van der Waals surface area contributed by atoms with Crippen molar-refractivity contribution in [3.8, 4) is 11.6 Å². The Labute approximate surface area is 198 Å². The second kappa shape index (κ2) is 8.49. The van der Waals surface area contributed by atoms with E-state index in [1.54, 1.807) is 36.5 Å². The molecule has 0 atom stereocenters. The zero-order chi connectivity index (χ0) is 24.7. The SMILES string of the molecule is Cc1cc(C)n(-c2cc(C(=O)NC(C)(C)COc3cccc4c3C(N)=NS(=O)(=O)N4)ccn2)c1. The largest absolute Gasteiger partial charge is 0.490 e. The van der Waals surface area contributed by atoms with Gasteiger partial charge < -0.3 is 20.4 Å². The minimum absolute atomic E-state index is 0.100. The van der Waals surface area contributed by atoms with E-state index < -0.39 is 15.7 Å². The number of hydrogen-bond donors (Lipinski definition) is 3.